The summed E-state index contributed by atoms with van der Waals surface area (Å²) in [6.45, 7) is 0. The molecule has 14 heavy (non-hydrogen) atoms. The Bertz CT molecular complexity index is 423. The van der Waals surface area contributed by atoms with Crippen molar-refractivity contribution < 1.29 is 4.92 Å². The minimum Gasteiger partial charge on any atom is -0.258 e. The van der Waals surface area contributed by atoms with Crippen molar-refractivity contribution >= 4 is 28.9 Å². The zero-order valence-corrected chi connectivity index (χ0v) is 8.34. The van der Waals surface area contributed by atoms with Gasteiger partial charge in [0, 0.05) is 6.07 Å². The van der Waals surface area contributed by atoms with Crippen molar-refractivity contribution in [1.29, 1.82) is 0 Å². The molecule has 4 nitrogen and oxygen atoms in total. The SMILES string of the molecule is O=[N+]([O-])c1cnc(Cl)c(C#CCCl)c1. The number of nitro groups is 1. The minimum atomic E-state index is -0.560. The Balaban J connectivity index is 3.14. The molecular formula is C8H4Cl2N2O2. The van der Waals surface area contributed by atoms with Crippen molar-refractivity contribution in [2.24, 2.45) is 0 Å². The summed E-state index contributed by atoms with van der Waals surface area (Å²) in [7, 11) is 0. The largest absolute Gasteiger partial charge is 0.288 e. The smallest absolute Gasteiger partial charge is 0.258 e. The van der Waals surface area contributed by atoms with Gasteiger partial charge in [-0.05, 0) is 0 Å². The van der Waals surface area contributed by atoms with E-state index in [-0.39, 0.29) is 16.7 Å². The Hall–Kier alpha value is -1.31. The number of alkyl halides is 1. The molecule has 0 amide bonds. The van der Waals surface area contributed by atoms with Crippen LogP contribution in [0.25, 0.3) is 0 Å². The van der Waals surface area contributed by atoms with Gasteiger partial charge in [-0.15, -0.1) is 11.6 Å². The number of nitrogens with zero attached hydrogens (tertiary/aromatic N) is 2. The molecule has 0 aromatic carbocycles. The topological polar surface area (TPSA) is 56.0 Å². The quantitative estimate of drug-likeness (QED) is 0.245. The first-order chi connectivity index (χ1) is 6.65. The van der Waals surface area contributed by atoms with Crippen molar-refractivity contribution in [2.45, 2.75) is 0 Å². The molecule has 0 aliphatic carbocycles. The molecule has 1 aromatic rings. The standard InChI is InChI=1S/C8H4Cl2N2O2/c9-3-1-2-6-4-7(12(13)14)5-11-8(6)10/h4-5H,3H2. The van der Waals surface area contributed by atoms with E-state index in [2.05, 4.69) is 16.8 Å². The van der Waals surface area contributed by atoms with E-state index in [9.17, 15) is 10.1 Å². The highest BCUT2D eigenvalue weighted by Gasteiger charge is 2.08. The predicted octanol–water partition coefficient (Wildman–Crippen LogP) is 2.23. The molecular weight excluding hydrogens is 227 g/mol. The molecule has 0 aliphatic heterocycles. The summed E-state index contributed by atoms with van der Waals surface area (Å²) in [6, 6.07) is 1.26. The molecule has 72 valence electrons. The molecule has 0 radical (unpaired) electrons. The average molecular weight is 231 g/mol. The molecule has 0 N–H and O–H groups in total. The van der Waals surface area contributed by atoms with E-state index >= 15 is 0 Å². The van der Waals surface area contributed by atoms with Crippen LogP contribution in [0.5, 0.6) is 0 Å². The second kappa shape index (κ2) is 4.80. The maximum atomic E-state index is 10.4. The summed E-state index contributed by atoms with van der Waals surface area (Å²) >= 11 is 11.0. The molecule has 1 rings (SSSR count). The Morgan fingerprint density at radius 1 is 1.64 bits per heavy atom. The van der Waals surface area contributed by atoms with Gasteiger partial charge in [-0.1, -0.05) is 23.4 Å². The zero-order chi connectivity index (χ0) is 10.6. The van der Waals surface area contributed by atoms with Crippen molar-refractivity contribution in [1.82, 2.24) is 4.98 Å². The van der Waals surface area contributed by atoms with Crippen molar-refractivity contribution in [2.75, 3.05) is 5.88 Å². The van der Waals surface area contributed by atoms with Crippen LogP contribution >= 0.6 is 23.2 Å². The molecule has 1 heterocycles. The van der Waals surface area contributed by atoms with Crippen LogP contribution in [0, 0.1) is 22.0 Å². The highest BCUT2D eigenvalue weighted by atomic mass is 35.5. The maximum Gasteiger partial charge on any atom is 0.288 e. The first-order valence-corrected chi connectivity index (χ1v) is 4.41. The van der Waals surface area contributed by atoms with Crippen LogP contribution in [0.3, 0.4) is 0 Å². The van der Waals surface area contributed by atoms with E-state index < -0.39 is 4.92 Å². The Kier molecular flexibility index (Phi) is 3.69. The number of aromatic nitrogens is 1. The van der Waals surface area contributed by atoms with Crippen LogP contribution in [0.1, 0.15) is 5.56 Å². The third-order valence-electron chi connectivity index (χ3n) is 1.33. The summed E-state index contributed by atoms with van der Waals surface area (Å²) in [4.78, 5) is 13.5. The van der Waals surface area contributed by atoms with E-state index in [1.807, 2.05) is 0 Å². The van der Waals surface area contributed by atoms with Crippen LogP contribution < -0.4 is 0 Å². The van der Waals surface area contributed by atoms with E-state index in [1.54, 1.807) is 0 Å². The van der Waals surface area contributed by atoms with Crippen molar-refractivity contribution in [3.8, 4) is 11.8 Å². The molecule has 0 fully saturated rings. The van der Waals surface area contributed by atoms with Gasteiger partial charge in [0.05, 0.1) is 16.4 Å². The van der Waals surface area contributed by atoms with Crippen LogP contribution in [-0.2, 0) is 0 Å². The lowest BCUT2D eigenvalue weighted by Crippen LogP contribution is -1.91. The fourth-order valence-corrected chi connectivity index (χ4v) is 0.971. The molecule has 0 aliphatic rings. The third kappa shape index (κ3) is 2.59. The van der Waals surface area contributed by atoms with Crippen LogP contribution in [0.4, 0.5) is 5.69 Å². The molecule has 0 spiro atoms. The zero-order valence-electron chi connectivity index (χ0n) is 6.83. The Morgan fingerprint density at radius 3 is 2.93 bits per heavy atom. The van der Waals surface area contributed by atoms with Gasteiger partial charge in [0.1, 0.15) is 11.3 Å². The first kappa shape index (κ1) is 10.8. The first-order valence-electron chi connectivity index (χ1n) is 3.50. The summed E-state index contributed by atoms with van der Waals surface area (Å²) < 4.78 is 0. The van der Waals surface area contributed by atoms with Crippen molar-refractivity contribution in [3.63, 3.8) is 0 Å². The summed E-state index contributed by atoms with van der Waals surface area (Å²) in [5, 5.41) is 10.5. The van der Waals surface area contributed by atoms with Gasteiger partial charge >= 0.3 is 0 Å². The molecule has 1 aromatic heterocycles. The molecule has 0 bridgehead atoms. The van der Waals surface area contributed by atoms with Gasteiger partial charge in [-0.25, -0.2) is 4.98 Å². The fourth-order valence-electron chi connectivity index (χ4n) is 0.753. The van der Waals surface area contributed by atoms with Crippen molar-refractivity contribution in [3.05, 3.63) is 33.1 Å². The molecule has 6 heteroatoms. The van der Waals surface area contributed by atoms with Gasteiger partial charge in [0.25, 0.3) is 5.69 Å². The predicted molar refractivity (Wildman–Crippen MR) is 53.5 cm³/mol. The number of hydrogen-bond acceptors (Lipinski definition) is 3. The fraction of sp³-hybridized carbons (Fsp3) is 0.125. The lowest BCUT2D eigenvalue weighted by Gasteiger charge is -1.94. The Morgan fingerprint density at radius 2 is 2.36 bits per heavy atom. The normalized spacial score (nSPS) is 9.00. The van der Waals surface area contributed by atoms with Crippen LogP contribution in [-0.4, -0.2) is 15.8 Å². The number of hydrogen-bond donors (Lipinski definition) is 0. The molecule has 0 saturated carbocycles. The van der Waals surface area contributed by atoms with Crippen LogP contribution in [0.15, 0.2) is 12.3 Å². The van der Waals surface area contributed by atoms with Gasteiger partial charge in [0.2, 0.25) is 0 Å². The van der Waals surface area contributed by atoms with E-state index in [0.717, 1.165) is 6.20 Å². The number of rotatable bonds is 1. The monoisotopic (exact) mass is 230 g/mol. The second-order valence-corrected chi connectivity index (χ2v) is 2.85. The van der Waals surface area contributed by atoms with E-state index in [0.29, 0.717) is 5.56 Å². The minimum absolute atomic E-state index is 0.133. The van der Waals surface area contributed by atoms with E-state index in [1.165, 1.54) is 6.07 Å². The second-order valence-electron chi connectivity index (χ2n) is 2.22. The van der Waals surface area contributed by atoms with Crippen LogP contribution in [0.2, 0.25) is 5.15 Å². The van der Waals surface area contributed by atoms with E-state index in [4.69, 9.17) is 23.2 Å². The summed E-state index contributed by atoms with van der Waals surface area (Å²) in [6.07, 6.45) is 1.08. The van der Waals surface area contributed by atoms with Gasteiger partial charge in [-0.3, -0.25) is 10.1 Å². The maximum absolute atomic E-state index is 10.4. The molecule has 0 unspecified atom stereocenters. The van der Waals surface area contributed by atoms with Gasteiger partial charge in [-0.2, -0.15) is 0 Å². The molecule has 0 saturated heterocycles. The number of halogens is 2. The average Bonchev–Trinajstić information content (AvgIpc) is 2.16. The lowest BCUT2D eigenvalue weighted by atomic mass is 10.2. The Labute approximate surface area is 90.0 Å². The highest BCUT2D eigenvalue weighted by molar-refractivity contribution is 6.30. The summed E-state index contributed by atoms with van der Waals surface area (Å²) in [5.74, 6) is 5.25. The van der Waals surface area contributed by atoms with Gasteiger partial charge in [0.15, 0.2) is 0 Å². The summed E-state index contributed by atoms with van der Waals surface area (Å²) in [5.41, 5.74) is 0.162. The highest BCUT2D eigenvalue weighted by Crippen LogP contribution is 2.17. The van der Waals surface area contributed by atoms with Gasteiger partial charge < -0.3 is 0 Å². The lowest BCUT2D eigenvalue weighted by molar-refractivity contribution is -0.385. The third-order valence-corrected chi connectivity index (χ3v) is 1.76. The molecule has 0 atom stereocenters. The number of pyridine rings is 1.